The molecule has 3 rings (SSSR count). The van der Waals surface area contributed by atoms with Gasteiger partial charge in [-0.25, -0.2) is 13.1 Å². The average Bonchev–Trinajstić information content (AvgIpc) is 3.45. The van der Waals surface area contributed by atoms with Crippen molar-refractivity contribution < 1.29 is 17.9 Å². The topological polar surface area (TPSA) is 98.2 Å². The summed E-state index contributed by atoms with van der Waals surface area (Å²) in [5, 5.41) is 7.33. The number of carbonyl (C=O) groups excluding carboxylic acids is 1. The highest BCUT2D eigenvalue weighted by molar-refractivity contribution is 7.90. The molecule has 1 amide bonds. The maximum absolute atomic E-state index is 12.5. The number of halogens is 1. The van der Waals surface area contributed by atoms with Crippen LogP contribution in [0.3, 0.4) is 0 Å². The van der Waals surface area contributed by atoms with E-state index in [0.29, 0.717) is 27.9 Å². The van der Waals surface area contributed by atoms with Gasteiger partial charge in [-0.15, -0.1) is 5.10 Å². The van der Waals surface area contributed by atoms with E-state index in [1.807, 2.05) is 4.72 Å². The maximum atomic E-state index is 12.5. The number of ether oxygens (including phenoxy) is 1. The van der Waals surface area contributed by atoms with E-state index in [0.717, 1.165) is 12.8 Å². The van der Waals surface area contributed by atoms with E-state index in [4.69, 9.17) is 16.3 Å². The number of hydrogen-bond acceptors (Lipinski definition) is 6. The third kappa shape index (κ3) is 3.96. The summed E-state index contributed by atoms with van der Waals surface area (Å²) in [5.41, 5.74) is 1.05. The van der Waals surface area contributed by atoms with Gasteiger partial charge in [0.25, 0.3) is 5.91 Å². The molecule has 1 unspecified atom stereocenters. The van der Waals surface area contributed by atoms with Crippen molar-refractivity contribution in [2.45, 2.75) is 30.9 Å². The van der Waals surface area contributed by atoms with Gasteiger partial charge in [-0.1, -0.05) is 23.7 Å². The minimum Gasteiger partial charge on any atom is -0.495 e. The number of methoxy groups -OCH3 is 1. The molecule has 138 valence electrons. The number of nitrogens with one attached hydrogen (secondary N) is 1. The van der Waals surface area contributed by atoms with Crippen LogP contribution in [0.5, 0.6) is 5.75 Å². The molecule has 1 N–H and O–H groups in total. The van der Waals surface area contributed by atoms with Crippen molar-refractivity contribution in [3.05, 3.63) is 52.3 Å². The summed E-state index contributed by atoms with van der Waals surface area (Å²) >= 11 is 5.91. The van der Waals surface area contributed by atoms with E-state index in [2.05, 4.69) is 10.2 Å². The Bertz CT molecular complexity index is 945. The predicted molar refractivity (Wildman–Crippen MR) is 96.8 cm³/mol. The smallest absolute Gasteiger partial charge is 0.285 e. The van der Waals surface area contributed by atoms with Gasteiger partial charge in [0.05, 0.1) is 7.11 Å². The Morgan fingerprint density at radius 1 is 1.31 bits per heavy atom. The highest BCUT2D eigenvalue weighted by Gasteiger charge is 2.31. The Kier molecular flexibility index (Phi) is 5.15. The molecule has 26 heavy (non-hydrogen) atoms. The highest BCUT2D eigenvalue weighted by atomic mass is 35.5. The van der Waals surface area contributed by atoms with Gasteiger partial charge in [0.2, 0.25) is 10.0 Å². The quantitative estimate of drug-likeness (QED) is 0.807. The number of benzene rings is 1. The second-order valence-electron chi connectivity index (χ2n) is 6.13. The summed E-state index contributed by atoms with van der Waals surface area (Å²) in [5.74, 6) is -0.124. The van der Waals surface area contributed by atoms with Crippen molar-refractivity contribution in [1.82, 2.24) is 14.9 Å². The van der Waals surface area contributed by atoms with Crippen LogP contribution in [0.2, 0.25) is 5.02 Å². The zero-order valence-corrected chi connectivity index (χ0v) is 15.8. The Hall–Kier alpha value is -2.19. The first-order valence-electron chi connectivity index (χ1n) is 8.05. The van der Waals surface area contributed by atoms with Gasteiger partial charge in [0, 0.05) is 17.0 Å². The standard InChI is InChI=1S/C17H18ClN3O4S/c1-10(12-4-3-5-13(18)8-12)26(23,24)21-17(22)14-9-15(25-2)16(20-19-14)11-6-7-11/h3-5,8-11H,6-7H2,1-2H3,(H,21,22). The molecule has 9 heteroatoms. The monoisotopic (exact) mass is 395 g/mol. The summed E-state index contributed by atoms with van der Waals surface area (Å²) in [7, 11) is -2.50. The number of rotatable bonds is 6. The van der Waals surface area contributed by atoms with Gasteiger partial charge in [-0.2, -0.15) is 5.10 Å². The molecule has 1 saturated carbocycles. The van der Waals surface area contributed by atoms with Gasteiger partial charge < -0.3 is 4.74 Å². The van der Waals surface area contributed by atoms with Gasteiger partial charge in [0.1, 0.15) is 16.7 Å². The Morgan fingerprint density at radius 2 is 2.04 bits per heavy atom. The molecule has 2 aromatic rings. The number of aromatic nitrogens is 2. The van der Waals surface area contributed by atoms with E-state index in [1.165, 1.54) is 20.1 Å². The number of amides is 1. The average molecular weight is 396 g/mol. The van der Waals surface area contributed by atoms with Crippen molar-refractivity contribution >= 4 is 27.5 Å². The van der Waals surface area contributed by atoms with E-state index in [1.54, 1.807) is 24.3 Å². The van der Waals surface area contributed by atoms with Crippen molar-refractivity contribution in [2.75, 3.05) is 7.11 Å². The Labute approximate surface area is 156 Å². The van der Waals surface area contributed by atoms with E-state index in [-0.39, 0.29) is 5.69 Å². The summed E-state index contributed by atoms with van der Waals surface area (Å²) in [6.45, 7) is 1.48. The second kappa shape index (κ2) is 7.20. The van der Waals surface area contributed by atoms with Crippen LogP contribution in [0.4, 0.5) is 0 Å². The summed E-state index contributed by atoms with van der Waals surface area (Å²) in [6.07, 6.45) is 2.00. The molecule has 1 heterocycles. The molecule has 1 atom stereocenters. The van der Waals surface area contributed by atoms with Gasteiger partial charge in [-0.3, -0.25) is 4.79 Å². The van der Waals surface area contributed by atoms with Crippen LogP contribution in [-0.2, 0) is 10.0 Å². The van der Waals surface area contributed by atoms with Crippen molar-refractivity contribution in [3.8, 4) is 5.75 Å². The van der Waals surface area contributed by atoms with Crippen LogP contribution in [-0.4, -0.2) is 31.6 Å². The molecular weight excluding hydrogens is 378 g/mol. The van der Waals surface area contributed by atoms with Gasteiger partial charge in [0.15, 0.2) is 5.69 Å². The first-order chi connectivity index (χ1) is 12.3. The molecule has 0 saturated heterocycles. The molecule has 0 aliphatic heterocycles. The summed E-state index contributed by atoms with van der Waals surface area (Å²) < 4.78 is 32.3. The molecule has 1 aliphatic rings. The molecule has 7 nitrogen and oxygen atoms in total. The lowest BCUT2D eigenvalue weighted by atomic mass is 10.2. The lowest BCUT2D eigenvalue weighted by Crippen LogP contribution is -2.34. The van der Waals surface area contributed by atoms with Crippen LogP contribution in [0.1, 0.15) is 52.7 Å². The molecule has 1 fully saturated rings. The molecular formula is C17H18ClN3O4S. The molecule has 1 aliphatic carbocycles. The highest BCUT2D eigenvalue weighted by Crippen LogP contribution is 2.42. The second-order valence-corrected chi connectivity index (χ2v) is 8.57. The van der Waals surface area contributed by atoms with Gasteiger partial charge >= 0.3 is 0 Å². The van der Waals surface area contributed by atoms with Crippen molar-refractivity contribution in [1.29, 1.82) is 0 Å². The minimum atomic E-state index is -3.98. The molecule has 1 aromatic heterocycles. The lowest BCUT2D eigenvalue weighted by molar-refractivity contribution is 0.0974. The SMILES string of the molecule is COc1cc(C(=O)NS(=O)(=O)C(C)c2cccc(Cl)c2)nnc1C1CC1. The Morgan fingerprint density at radius 3 is 2.65 bits per heavy atom. The predicted octanol–water partition coefficient (Wildman–Crippen LogP) is 2.84. The summed E-state index contributed by atoms with van der Waals surface area (Å²) in [4.78, 5) is 12.4. The minimum absolute atomic E-state index is 0.117. The van der Waals surface area contributed by atoms with Crippen LogP contribution in [0.25, 0.3) is 0 Å². The first kappa shape index (κ1) is 18.6. The third-order valence-corrected chi connectivity index (χ3v) is 6.13. The Balaban J connectivity index is 1.80. The fraction of sp³-hybridized carbons (Fsp3) is 0.353. The van der Waals surface area contributed by atoms with Crippen molar-refractivity contribution in [2.24, 2.45) is 0 Å². The number of sulfonamides is 1. The molecule has 1 aromatic carbocycles. The van der Waals surface area contributed by atoms with Crippen LogP contribution >= 0.6 is 11.6 Å². The van der Waals surface area contributed by atoms with E-state index in [9.17, 15) is 13.2 Å². The maximum Gasteiger partial charge on any atom is 0.285 e. The number of hydrogen-bond donors (Lipinski definition) is 1. The largest absolute Gasteiger partial charge is 0.495 e. The fourth-order valence-corrected chi connectivity index (χ4v) is 3.75. The fourth-order valence-electron chi connectivity index (χ4n) is 2.51. The zero-order valence-electron chi connectivity index (χ0n) is 14.3. The van der Waals surface area contributed by atoms with E-state index < -0.39 is 21.2 Å². The first-order valence-corrected chi connectivity index (χ1v) is 9.97. The van der Waals surface area contributed by atoms with Crippen LogP contribution in [0.15, 0.2) is 30.3 Å². The van der Waals surface area contributed by atoms with Crippen LogP contribution in [0, 0.1) is 0 Å². The third-order valence-electron chi connectivity index (χ3n) is 4.22. The zero-order chi connectivity index (χ0) is 18.9. The van der Waals surface area contributed by atoms with E-state index >= 15 is 0 Å². The number of carbonyl (C=O) groups is 1. The summed E-state index contributed by atoms with van der Waals surface area (Å²) in [6, 6.07) is 7.89. The normalized spacial score (nSPS) is 15.3. The van der Waals surface area contributed by atoms with Crippen LogP contribution < -0.4 is 9.46 Å². The van der Waals surface area contributed by atoms with Gasteiger partial charge in [-0.05, 0) is 37.5 Å². The lowest BCUT2D eigenvalue weighted by Gasteiger charge is -2.14. The number of nitrogens with zero attached hydrogens (tertiary/aromatic N) is 2. The molecule has 0 bridgehead atoms. The molecule has 0 radical (unpaired) electrons. The van der Waals surface area contributed by atoms with Crippen molar-refractivity contribution in [3.63, 3.8) is 0 Å². The molecule has 0 spiro atoms.